The van der Waals surface area contributed by atoms with Crippen molar-refractivity contribution in [2.24, 2.45) is 17.7 Å². The first-order valence-electron chi connectivity index (χ1n) is 6.99. The minimum absolute atomic E-state index is 0.0154. The van der Waals surface area contributed by atoms with Crippen LogP contribution in [0.5, 0.6) is 0 Å². The molecule has 0 aromatic heterocycles. The maximum Gasteiger partial charge on any atom is 0.0939 e. The summed E-state index contributed by atoms with van der Waals surface area (Å²) in [6, 6.07) is 0.476. The van der Waals surface area contributed by atoms with Gasteiger partial charge >= 0.3 is 0 Å². The summed E-state index contributed by atoms with van der Waals surface area (Å²) in [6.07, 6.45) is 7.37. The molecule has 0 aromatic carbocycles. The molecule has 3 N–H and O–H groups in total. The van der Waals surface area contributed by atoms with Gasteiger partial charge in [0.25, 0.3) is 0 Å². The van der Waals surface area contributed by atoms with Gasteiger partial charge in [0.2, 0.25) is 0 Å². The van der Waals surface area contributed by atoms with E-state index < -0.39 is 0 Å². The van der Waals surface area contributed by atoms with Crippen molar-refractivity contribution in [1.29, 1.82) is 0 Å². The number of hydrogen-bond acceptors (Lipinski definition) is 4. The van der Waals surface area contributed by atoms with Crippen molar-refractivity contribution in [3.8, 4) is 0 Å². The lowest BCUT2D eigenvalue weighted by Gasteiger charge is -2.40. The maximum absolute atomic E-state index is 5.98. The molecule has 1 saturated carbocycles. The van der Waals surface area contributed by atoms with E-state index in [4.69, 9.17) is 15.3 Å². The third kappa shape index (κ3) is 2.65. The zero-order valence-electron chi connectivity index (χ0n) is 10.5. The predicted octanol–water partition coefficient (Wildman–Crippen LogP) is 1.20. The second-order valence-corrected chi connectivity index (χ2v) is 6.04. The van der Waals surface area contributed by atoms with Crippen LogP contribution in [-0.2, 0) is 9.47 Å². The summed E-state index contributed by atoms with van der Waals surface area (Å²) < 4.78 is 11.5. The SMILES string of the molecule is NNC(CC1CC1)C1CCOC2(CCOC2)C1. The van der Waals surface area contributed by atoms with Gasteiger partial charge in [-0.3, -0.25) is 11.3 Å². The van der Waals surface area contributed by atoms with Crippen LogP contribution in [0, 0.1) is 11.8 Å². The number of nitrogens with two attached hydrogens (primary N) is 1. The average molecular weight is 240 g/mol. The number of rotatable bonds is 4. The Morgan fingerprint density at radius 2 is 2.18 bits per heavy atom. The third-order valence-electron chi connectivity index (χ3n) is 4.67. The zero-order valence-corrected chi connectivity index (χ0v) is 10.5. The van der Waals surface area contributed by atoms with Gasteiger partial charge in [0.1, 0.15) is 0 Å². The molecule has 4 heteroatoms. The molecular weight excluding hydrogens is 216 g/mol. The van der Waals surface area contributed by atoms with E-state index in [1.54, 1.807) is 0 Å². The molecule has 3 rings (SSSR count). The van der Waals surface area contributed by atoms with Crippen LogP contribution < -0.4 is 11.3 Å². The fraction of sp³-hybridized carbons (Fsp3) is 1.00. The molecule has 3 fully saturated rings. The van der Waals surface area contributed by atoms with Gasteiger partial charge in [0.15, 0.2) is 0 Å². The first-order valence-corrected chi connectivity index (χ1v) is 6.99. The summed E-state index contributed by atoms with van der Waals surface area (Å²) in [6.45, 7) is 2.51. The Bertz CT molecular complexity index is 262. The molecule has 0 amide bonds. The van der Waals surface area contributed by atoms with Gasteiger partial charge in [-0.15, -0.1) is 0 Å². The van der Waals surface area contributed by atoms with E-state index in [0.717, 1.165) is 45.0 Å². The average Bonchev–Trinajstić information content (AvgIpc) is 3.07. The molecule has 2 saturated heterocycles. The van der Waals surface area contributed by atoms with Gasteiger partial charge in [-0.2, -0.15) is 0 Å². The van der Waals surface area contributed by atoms with Crippen LogP contribution >= 0.6 is 0 Å². The highest BCUT2D eigenvalue weighted by molar-refractivity contribution is 4.94. The monoisotopic (exact) mass is 240 g/mol. The number of ether oxygens (including phenoxy) is 2. The summed E-state index contributed by atoms with van der Waals surface area (Å²) in [4.78, 5) is 0. The molecule has 0 bridgehead atoms. The Labute approximate surface area is 103 Å². The van der Waals surface area contributed by atoms with Crippen molar-refractivity contribution in [2.45, 2.75) is 50.2 Å². The quantitative estimate of drug-likeness (QED) is 0.573. The van der Waals surface area contributed by atoms with Crippen LogP contribution in [0.15, 0.2) is 0 Å². The molecule has 2 aliphatic heterocycles. The van der Waals surface area contributed by atoms with Crippen molar-refractivity contribution in [2.75, 3.05) is 19.8 Å². The van der Waals surface area contributed by atoms with Crippen LogP contribution in [0.25, 0.3) is 0 Å². The largest absolute Gasteiger partial charge is 0.378 e. The Morgan fingerprint density at radius 3 is 2.82 bits per heavy atom. The van der Waals surface area contributed by atoms with E-state index in [1.165, 1.54) is 19.3 Å². The highest BCUT2D eigenvalue weighted by Gasteiger charge is 2.43. The van der Waals surface area contributed by atoms with Gasteiger partial charge in [0, 0.05) is 25.7 Å². The molecule has 2 heterocycles. The predicted molar refractivity (Wildman–Crippen MR) is 65.3 cm³/mol. The molecule has 0 radical (unpaired) electrons. The van der Waals surface area contributed by atoms with Crippen LogP contribution in [0.1, 0.15) is 38.5 Å². The van der Waals surface area contributed by atoms with E-state index in [1.807, 2.05) is 0 Å². The normalized spacial score (nSPS) is 39.7. The summed E-state index contributed by atoms with van der Waals surface area (Å²) in [5.41, 5.74) is 3.07. The minimum atomic E-state index is 0.0154. The van der Waals surface area contributed by atoms with Crippen LogP contribution in [-0.4, -0.2) is 31.5 Å². The molecule has 17 heavy (non-hydrogen) atoms. The molecular formula is C13H24N2O2. The lowest BCUT2D eigenvalue weighted by Crippen LogP contribution is -2.49. The first-order chi connectivity index (χ1) is 8.31. The Hall–Kier alpha value is -0.160. The van der Waals surface area contributed by atoms with E-state index in [2.05, 4.69) is 5.43 Å². The van der Waals surface area contributed by atoms with Gasteiger partial charge in [0.05, 0.1) is 12.2 Å². The highest BCUT2D eigenvalue weighted by atomic mass is 16.6. The summed E-state index contributed by atoms with van der Waals surface area (Å²) in [5.74, 6) is 7.33. The van der Waals surface area contributed by atoms with E-state index in [9.17, 15) is 0 Å². The summed E-state index contributed by atoms with van der Waals surface area (Å²) in [5, 5.41) is 0. The van der Waals surface area contributed by atoms with Crippen LogP contribution in [0.3, 0.4) is 0 Å². The molecule has 3 unspecified atom stereocenters. The first kappa shape index (κ1) is 11.9. The van der Waals surface area contributed by atoms with Gasteiger partial charge in [-0.05, 0) is 31.1 Å². The number of hydrazine groups is 1. The lowest BCUT2D eigenvalue weighted by atomic mass is 9.80. The van der Waals surface area contributed by atoms with Crippen molar-refractivity contribution in [3.63, 3.8) is 0 Å². The van der Waals surface area contributed by atoms with Gasteiger partial charge in [-0.1, -0.05) is 12.8 Å². The molecule has 98 valence electrons. The fourth-order valence-corrected chi connectivity index (χ4v) is 3.38. The number of hydrogen-bond donors (Lipinski definition) is 2. The van der Waals surface area contributed by atoms with Crippen LogP contribution in [0.2, 0.25) is 0 Å². The lowest BCUT2D eigenvalue weighted by molar-refractivity contribution is -0.103. The highest BCUT2D eigenvalue weighted by Crippen LogP contribution is 2.41. The maximum atomic E-state index is 5.98. The second kappa shape index (κ2) is 4.84. The van der Waals surface area contributed by atoms with Gasteiger partial charge in [-0.25, -0.2) is 0 Å². The molecule has 1 aliphatic carbocycles. The standard InChI is InChI=1S/C13H24N2O2/c14-15-12(7-10-1-2-10)11-3-5-17-13(8-11)4-6-16-9-13/h10-12,15H,1-9,14H2. The Balaban J connectivity index is 1.60. The second-order valence-electron chi connectivity index (χ2n) is 6.04. The molecule has 1 spiro atoms. The minimum Gasteiger partial charge on any atom is -0.378 e. The molecule has 3 aliphatic rings. The van der Waals surface area contributed by atoms with Crippen molar-refractivity contribution < 1.29 is 9.47 Å². The molecule has 0 aromatic rings. The third-order valence-corrected chi connectivity index (χ3v) is 4.67. The van der Waals surface area contributed by atoms with Crippen molar-refractivity contribution >= 4 is 0 Å². The van der Waals surface area contributed by atoms with E-state index in [-0.39, 0.29) is 5.60 Å². The van der Waals surface area contributed by atoms with Crippen molar-refractivity contribution in [3.05, 3.63) is 0 Å². The summed E-state index contributed by atoms with van der Waals surface area (Å²) in [7, 11) is 0. The van der Waals surface area contributed by atoms with E-state index in [0.29, 0.717) is 12.0 Å². The smallest absolute Gasteiger partial charge is 0.0939 e. The van der Waals surface area contributed by atoms with Crippen molar-refractivity contribution in [1.82, 2.24) is 5.43 Å². The Kier molecular flexibility index (Phi) is 3.39. The Morgan fingerprint density at radius 1 is 1.29 bits per heavy atom. The van der Waals surface area contributed by atoms with Crippen LogP contribution in [0.4, 0.5) is 0 Å². The van der Waals surface area contributed by atoms with E-state index >= 15 is 0 Å². The molecule has 3 atom stereocenters. The summed E-state index contributed by atoms with van der Waals surface area (Å²) >= 11 is 0. The zero-order chi connectivity index (χ0) is 11.7. The fourth-order valence-electron chi connectivity index (χ4n) is 3.38. The number of nitrogens with one attached hydrogen (secondary N) is 1. The molecule has 4 nitrogen and oxygen atoms in total. The topological polar surface area (TPSA) is 56.5 Å². The van der Waals surface area contributed by atoms with Gasteiger partial charge < -0.3 is 9.47 Å².